The Labute approximate surface area is 166 Å². The van der Waals surface area contributed by atoms with Crippen LogP contribution in [0.5, 0.6) is 0 Å². The van der Waals surface area contributed by atoms with Crippen LogP contribution in [0.4, 0.5) is 4.79 Å². The Hall–Kier alpha value is -3.11. The van der Waals surface area contributed by atoms with Gasteiger partial charge >= 0.3 is 6.09 Å². The summed E-state index contributed by atoms with van der Waals surface area (Å²) < 4.78 is 5.55. The largest absolute Gasteiger partial charge is 0.445 e. The van der Waals surface area contributed by atoms with Gasteiger partial charge in [0, 0.05) is 6.54 Å². The predicted octanol–water partition coefficient (Wildman–Crippen LogP) is 4.95. The molecule has 0 heterocycles. The molecule has 3 rings (SSSR count). The number of aliphatic hydroxyl groups is 1. The first-order valence-corrected chi connectivity index (χ1v) is 9.39. The third kappa shape index (κ3) is 5.21. The molecule has 0 fully saturated rings. The van der Waals surface area contributed by atoms with Crippen LogP contribution in [-0.2, 0) is 17.9 Å². The molecule has 0 aliphatic heterocycles. The Morgan fingerprint density at radius 1 is 0.857 bits per heavy atom. The summed E-state index contributed by atoms with van der Waals surface area (Å²) in [5.41, 5.74) is 2.67. The van der Waals surface area contributed by atoms with E-state index in [4.69, 9.17) is 4.74 Å². The van der Waals surface area contributed by atoms with Crippen LogP contribution in [0.25, 0.3) is 0 Å². The van der Waals surface area contributed by atoms with Crippen molar-refractivity contribution >= 4 is 6.09 Å². The number of hydrogen-bond donors (Lipinski definition) is 1. The van der Waals surface area contributed by atoms with Gasteiger partial charge in [-0.25, -0.2) is 4.79 Å². The third-order valence-corrected chi connectivity index (χ3v) is 4.73. The second kappa shape index (κ2) is 9.72. The first-order chi connectivity index (χ1) is 13.6. The minimum atomic E-state index is -0.811. The lowest BCUT2D eigenvalue weighted by atomic mass is 10.0. The van der Waals surface area contributed by atoms with Gasteiger partial charge in [-0.2, -0.15) is 0 Å². The first kappa shape index (κ1) is 19.6. The molecule has 0 aliphatic carbocycles. The van der Waals surface area contributed by atoms with Crippen molar-refractivity contribution in [2.24, 2.45) is 0 Å². The molecule has 144 valence electrons. The number of benzene rings is 3. The summed E-state index contributed by atoms with van der Waals surface area (Å²) in [7, 11) is 0. The molecule has 1 amide bonds. The van der Waals surface area contributed by atoms with E-state index in [1.807, 2.05) is 97.9 Å². The van der Waals surface area contributed by atoms with Gasteiger partial charge < -0.3 is 9.84 Å². The normalized spacial score (nSPS) is 12.8. The SMILES string of the molecule is C[C@@H]([C@H](O)c1ccccc1)N(Cc1ccccc1)C(=O)OCc1ccccc1. The van der Waals surface area contributed by atoms with Gasteiger partial charge in [0.1, 0.15) is 6.61 Å². The molecular weight excluding hydrogens is 350 g/mol. The standard InChI is InChI=1S/C24H25NO3/c1-19(23(26)22-15-9-4-10-16-22)25(17-20-11-5-2-6-12-20)24(27)28-18-21-13-7-3-8-14-21/h2-16,19,23,26H,17-18H2,1H3/t19-,23-/m0/s1. The number of rotatable bonds is 7. The van der Waals surface area contributed by atoms with Crippen molar-refractivity contribution in [2.45, 2.75) is 32.2 Å². The lowest BCUT2D eigenvalue weighted by molar-refractivity contribution is 0.0328. The van der Waals surface area contributed by atoms with E-state index in [1.54, 1.807) is 4.90 Å². The molecule has 4 nitrogen and oxygen atoms in total. The van der Waals surface area contributed by atoms with Gasteiger partial charge in [0.25, 0.3) is 0 Å². The summed E-state index contributed by atoms with van der Waals surface area (Å²) in [6.07, 6.45) is -1.26. The zero-order valence-corrected chi connectivity index (χ0v) is 15.9. The van der Waals surface area contributed by atoms with E-state index in [1.165, 1.54) is 0 Å². The average Bonchev–Trinajstić information content (AvgIpc) is 2.77. The summed E-state index contributed by atoms with van der Waals surface area (Å²) in [4.78, 5) is 14.5. The molecule has 1 N–H and O–H groups in total. The van der Waals surface area contributed by atoms with Gasteiger partial charge in [-0.05, 0) is 23.6 Å². The fourth-order valence-electron chi connectivity index (χ4n) is 3.06. The quantitative estimate of drug-likeness (QED) is 0.636. The van der Waals surface area contributed by atoms with Gasteiger partial charge in [0.05, 0.1) is 12.1 Å². The Morgan fingerprint density at radius 2 is 1.36 bits per heavy atom. The molecular formula is C24H25NO3. The summed E-state index contributed by atoms with van der Waals surface area (Å²) in [6, 6.07) is 28.2. The predicted molar refractivity (Wildman–Crippen MR) is 109 cm³/mol. The number of amides is 1. The number of hydrogen-bond acceptors (Lipinski definition) is 3. The van der Waals surface area contributed by atoms with Gasteiger partial charge in [0.2, 0.25) is 0 Å². The first-order valence-electron chi connectivity index (χ1n) is 9.39. The van der Waals surface area contributed by atoms with Crippen LogP contribution in [0.2, 0.25) is 0 Å². The molecule has 3 aromatic carbocycles. The lowest BCUT2D eigenvalue weighted by Crippen LogP contribution is -2.41. The fraction of sp³-hybridized carbons (Fsp3) is 0.208. The molecule has 0 bridgehead atoms. The monoisotopic (exact) mass is 375 g/mol. The molecule has 0 spiro atoms. The van der Waals surface area contributed by atoms with Crippen molar-refractivity contribution in [3.8, 4) is 0 Å². The van der Waals surface area contributed by atoms with E-state index in [0.29, 0.717) is 6.54 Å². The molecule has 0 radical (unpaired) electrons. The van der Waals surface area contributed by atoms with Gasteiger partial charge in [-0.3, -0.25) is 4.90 Å². The van der Waals surface area contributed by atoms with E-state index in [9.17, 15) is 9.90 Å². The Morgan fingerprint density at radius 3 is 1.93 bits per heavy atom. The molecule has 0 aliphatic rings. The Bertz CT molecular complexity index is 853. The second-order valence-electron chi connectivity index (χ2n) is 6.75. The highest BCUT2D eigenvalue weighted by Crippen LogP contribution is 2.23. The average molecular weight is 375 g/mol. The van der Waals surface area contributed by atoms with Crippen LogP contribution in [-0.4, -0.2) is 22.1 Å². The number of carbonyl (C=O) groups is 1. The zero-order chi connectivity index (χ0) is 19.8. The third-order valence-electron chi connectivity index (χ3n) is 4.73. The molecule has 0 unspecified atom stereocenters. The molecule has 0 saturated heterocycles. The second-order valence-corrected chi connectivity index (χ2v) is 6.75. The maximum atomic E-state index is 12.9. The van der Waals surface area contributed by atoms with Crippen LogP contribution in [0.15, 0.2) is 91.0 Å². The van der Waals surface area contributed by atoms with Crippen LogP contribution >= 0.6 is 0 Å². The van der Waals surface area contributed by atoms with Crippen molar-refractivity contribution in [2.75, 3.05) is 0 Å². The van der Waals surface area contributed by atoms with Crippen LogP contribution in [0.3, 0.4) is 0 Å². The Kier molecular flexibility index (Phi) is 6.82. The van der Waals surface area contributed by atoms with E-state index >= 15 is 0 Å². The molecule has 0 aromatic heterocycles. The van der Waals surface area contributed by atoms with Crippen molar-refractivity contribution in [3.63, 3.8) is 0 Å². The number of nitrogens with zero attached hydrogens (tertiary/aromatic N) is 1. The minimum Gasteiger partial charge on any atom is -0.445 e. The topological polar surface area (TPSA) is 49.8 Å². The minimum absolute atomic E-state index is 0.194. The van der Waals surface area contributed by atoms with Gasteiger partial charge in [-0.1, -0.05) is 91.0 Å². The van der Waals surface area contributed by atoms with E-state index in [0.717, 1.165) is 16.7 Å². The van der Waals surface area contributed by atoms with Crippen molar-refractivity contribution < 1.29 is 14.6 Å². The molecule has 3 aromatic rings. The van der Waals surface area contributed by atoms with Crippen LogP contribution in [0.1, 0.15) is 29.7 Å². The molecule has 28 heavy (non-hydrogen) atoms. The zero-order valence-electron chi connectivity index (χ0n) is 15.9. The summed E-state index contributed by atoms with van der Waals surface area (Å²) >= 11 is 0. The smallest absolute Gasteiger partial charge is 0.410 e. The molecule has 4 heteroatoms. The number of carbonyl (C=O) groups excluding carboxylic acids is 1. The van der Waals surface area contributed by atoms with Crippen LogP contribution < -0.4 is 0 Å². The van der Waals surface area contributed by atoms with E-state index in [-0.39, 0.29) is 6.61 Å². The fourth-order valence-corrected chi connectivity index (χ4v) is 3.06. The van der Waals surface area contributed by atoms with Gasteiger partial charge in [0.15, 0.2) is 0 Å². The summed E-state index contributed by atoms with van der Waals surface area (Å²) in [5.74, 6) is 0. The highest BCUT2D eigenvalue weighted by atomic mass is 16.6. The van der Waals surface area contributed by atoms with Crippen molar-refractivity contribution in [1.29, 1.82) is 0 Å². The molecule has 2 atom stereocenters. The molecule has 0 saturated carbocycles. The van der Waals surface area contributed by atoms with Crippen molar-refractivity contribution in [1.82, 2.24) is 4.90 Å². The number of ether oxygens (including phenoxy) is 1. The Balaban J connectivity index is 1.76. The summed E-state index contributed by atoms with van der Waals surface area (Å²) in [6.45, 7) is 2.39. The van der Waals surface area contributed by atoms with E-state index in [2.05, 4.69) is 0 Å². The lowest BCUT2D eigenvalue weighted by Gasteiger charge is -2.32. The number of aliphatic hydroxyl groups excluding tert-OH is 1. The maximum absolute atomic E-state index is 12.9. The van der Waals surface area contributed by atoms with Crippen LogP contribution in [0, 0.1) is 0 Å². The van der Waals surface area contributed by atoms with Crippen molar-refractivity contribution in [3.05, 3.63) is 108 Å². The maximum Gasteiger partial charge on any atom is 0.410 e. The highest BCUT2D eigenvalue weighted by Gasteiger charge is 2.28. The van der Waals surface area contributed by atoms with E-state index < -0.39 is 18.2 Å². The highest BCUT2D eigenvalue weighted by molar-refractivity contribution is 5.68. The summed E-state index contributed by atoms with van der Waals surface area (Å²) in [5, 5.41) is 10.8. The van der Waals surface area contributed by atoms with Gasteiger partial charge in [-0.15, -0.1) is 0 Å².